The van der Waals surface area contributed by atoms with Crippen molar-refractivity contribution in [1.82, 2.24) is 0 Å². The van der Waals surface area contributed by atoms with Gasteiger partial charge >= 0.3 is 5.97 Å². The number of halogens is 1. The summed E-state index contributed by atoms with van der Waals surface area (Å²) >= 11 is 5.88. The minimum atomic E-state index is -1.01. The van der Waals surface area contributed by atoms with Gasteiger partial charge in [-0.3, -0.25) is 9.59 Å². The Bertz CT molecular complexity index is 490. The fraction of sp³-hybridized carbons (Fsp3) is 0.273. The predicted octanol–water partition coefficient (Wildman–Crippen LogP) is 1.57. The lowest BCUT2D eigenvalue weighted by atomic mass is 10.1. The van der Waals surface area contributed by atoms with Gasteiger partial charge in [0, 0.05) is 12.1 Å². The molecule has 1 aliphatic rings. The van der Waals surface area contributed by atoms with E-state index in [1.54, 1.807) is 30.1 Å². The highest BCUT2D eigenvalue weighted by Gasteiger charge is 2.32. The van der Waals surface area contributed by atoms with Gasteiger partial charge in [-0.15, -0.1) is 0 Å². The first-order valence-corrected chi connectivity index (χ1v) is 5.42. The standard InChI is InChI=1S/C11H11ClN2O3/c1-14-8-4-6(12)2-3-7(8)13-11(17)9(14)5-10(15)16/h2-4,9H,5H2,1H3,(H,13,17)(H,15,16). The summed E-state index contributed by atoms with van der Waals surface area (Å²) in [6.45, 7) is 0. The van der Waals surface area contributed by atoms with E-state index in [0.717, 1.165) is 5.69 Å². The zero-order valence-corrected chi connectivity index (χ0v) is 9.86. The first kappa shape index (κ1) is 11.7. The largest absolute Gasteiger partial charge is 0.481 e. The Hall–Kier alpha value is -1.75. The number of likely N-dealkylation sites (N-methyl/N-ethyl adjacent to an activating group) is 1. The number of hydrogen-bond donors (Lipinski definition) is 2. The van der Waals surface area contributed by atoms with Gasteiger partial charge in [0.1, 0.15) is 6.04 Å². The van der Waals surface area contributed by atoms with E-state index >= 15 is 0 Å². The molecule has 0 aliphatic carbocycles. The number of aliphatic carboxylic acids is 1. The quantitative estimate of drug-likeness (QED) is 0.841. The van der Waals surface area contributed by atoms with Gasteiger partial charge in [0.25, 0.3) is 0 Å². The number of hydrogen-bond acceptors (Lipinski definition) is 3. The minimum Gasteiger partial charge on any atom is -0.481 e. The number of benzene rings is 1. The van der Waals surface area contributed by atoms with E-state index in [9.17, 15) is 9.59 Å². The smallest absolute Gasteiger partial charge is 0.305 e. The minimum absolute atomic E-state index is 0.242. The molecule has 0 saturated carbocycles. The Morgan fingerprint density at radius 3 is 2.94 bits per heavy atom. The molecule has 1 aromatic carbocycles. The van der Waals surface area contributed by atoms with Crippen molar-refractivity contribution >= 4 is 34.9 Å². The van der Waals surface area contributed by atoms with Crippen LogP contribution in [0.3, 0.4) is 0 Å². The maximum Gasteiger partial charge on any atom is 0.305 e. The van der Waals surface area contributed by atoms with Crippen LogP contribution in [0.4, 0.5) is 11.4 Å². The van der Waals surface area contributed by atoms with Gasteiger partial charge in [-0.2, -0.15) is 0 Å². The van der Waals surface area contributed by atoms with E-state index in [1.165, 1.54) is 0 Å². The highest BCUT2D eigenvalue weighted by molar-refractivity contribution is 6.31. The number of fused-ring (bicyclic) bond motifs is 1. The van der Waals surface area contributed by atoms with Crippen LogP contribution in [0, 0.1) is 0 Å². The van der Waals surface area contributed by atoms with Crippen molar-refractivity contribution in [2.24, 2.45) is 0 Å². The Morgan fingerprint density at radius 2 is 2.29 bits per heavy atom. The molecule has 2 N–H and O–H groups in total. The van der Waals surface area contributed by atoms with Crippen LogP contribution in [0.25, 0.3) is 0 Å². The van der Waals surface area contributed by atoms with Crippen LogP contribution in [0.2, 0.25) is 5.02 Å². The van der Waals surface area contributed by atoms with E-state index in [4.69, 9.17) is 16.7 Å². The van der Waals surface area contributed by atoms with Crippen LogP contribution in [0.1, 0.15) is 6.42 Å². The Labute approximate surface area is 103 Å². The number of carbonyl (C=O) groups is 2. The molecule has 1 amide bonds. The molecule has 6 heteroatoms. The van der Waals surface area contributed by atoms with Crippen molar-refractivity contribution in [3.05, 3.63) is 23.2 Å². The summed E-state index contributed by atoms with van der Waals surface area (Å²) < 4.78 is 0. The summed E-state index contributed by atoms with van der Waals surface area (Å²) in [6.07, 6.45) is -0.242. The lowest BCUT2D eigenvalue weighted by Gasteiger charge is -2.34. The van der Waals surface area contributed by atoms with E-state index in [2.05, 4.69) is 5.32 Å². The van der Waals surface area contributed by atoms with Gasteiger partial charge < -0.3 is 15.3 Å². The number of carboxylic acids is 1. The molecule has 1 aliphatic heterocycles. The Balaban J connectivity index is 2.38. The number of nitrogens with one attached hydrogen (secondary N) is 1. The molecule has 1 heterocycles. The second-order valence-corrected chi connectivity index (χ2v) is 4.31. The average molecular weight is 255 g/mol. The van der Waals surface area contributed by atoms with Crippen molar-refractivity contribution in [2.75, 3.05) is 17.3 Å². The number of anilines is 2. The van der Waals surface area contributed by atoms with E-state index in [1.807, 2.05) is 0 Å². The van der Waals surface area contributed by atoms with Crippen molar-refractivity contribution in [2.45, 2.75) is 12.5 Å². The second-order valence-electron chi connectivity index (χ2n) is 3.88. The summed E-state index contributed by atoms with van der Waals surface area (Å²) in [5.41, 5.74) is 1.37. The fourth-order valence-corrected chi connectivity index (χ4v) is 2.02. The van der Waals surface area contributed by atoms with Crippen LogP contribution in [-0.4, -0.2) is 30.1 Å². The van der Waals surface area contributed by atoms with E-state index in [0.29, 0.717) is 10.7 Å². The molecule has 0 radical (unpaired) electrons. The topological polar surface area (TPSA) is 69.6 Å². The molecule has 0 fully saturated rings. The molecular weight excluding hydrogens is 244 g/mol. The Kier molecular flexibility index (Phi) is 2.93. The molecule has 0 spiro atoms. The highest BCUT2D eigenvalue weighted by atomic mass is 35.5. The van der Waals surface area contributed by atoms with Crippen LogP contribution >= 0.6 is 11.6 Å². The predicted molar refractivity (Wildman–Crippen MR) is 64.5 cm³/mol. The third-order valence-electron chi connectivity index (χ3n) is 2.74. The van der Waals surface area contributed by atoms with Crippen LogP contribution in [-0.2, 0) is 9.59 Å². The molecule has 90 valence electrons. The molecule has 1 atom stereocenters. The maximum atomic E-state index is 11.7. The monoisotopic (exact) mass is 254 g/mol. The summed E-state index contributed by atoms with van der Waals surface area (Å²) in [4.78, 5) is 24.1. The third-order valence-corrected chi connectivity index (χ3v) is 2.97. The molecule has 0 saturated heterocycles. The Morgan fingerprint density at radius 1 is 1.59 bits per heavy atom. The van der Waals surface area contributed by atoms with Gasteiger partial charge in [-0.05, 0) is 18.2 Å². The lowest BCUT2D eigenvalue weighted by Crippen LogP contribution is -2.47. The van der Waals surface area contributed by atoms with Crippen molar-refractivity contribution in [1.29, 1.82) is 0 Å². The molecule has 2 rings (SSSR count). The summed E-state index contributed by atoms with van der Waals surface area (Å²) in [5.74, 6) is -1.33. The number of amides is 1. The molecule has 5 nitrogen and oxygen atoms in total. The van der Waals surface area contributed by atoms with Crippen molar-refractivity contribution in [3.63, 3.8) is 0 Å². The number of carboxylic acid groups (broad SMARTS) is 1. The molecule has 0 aromatic heterocycles. The number of rotatable bonds is 2. The summed E-state index contributed by atoms with van der Waals surface area (Å²) in [7, 11) is 1.68. The lowest BCUT2D eigenvalue weighted by molar-refractivity contribution is -0.138. The average Bonchev–Trinajstić information content (AvgIpc) is 2.25. The second kappa shape index (κ2) is 4.25. The SMILES string of the molecule is CN1c2cc(Cl)ccc2NC(=O)C1CC(=O)O. The molecular formula is C11H11ClN2O3. The zero-order chi connectivity index (χ0) is 12.6. The first-order valence-electron chi connectivity index (χ1n) is 5.04. The van der Waals surface area contributed by atoms with Crippen molar-refractivity contribution < 1.29 is 14.7 Å². The number of carbonyl (C=O) groups excluding carboxylic acids is 1. The summed E-state index contributed by atoms with van der Waals surface area (Å²) in [5, 5.41) is 12.0. The third kappa shape index (κ3) is 2.19. The van der Waals surface area contributed by atoms with Gasteiger partial charge in [0.05, 0.1) is 17.8 Å². The van der Waals surface area contributed by atoms with Gasteiger partial charge in [-0.25, -0.2) is 0 Å². The highest BCUT2D eigenvalue weighted by Crippen LogP contribution is 2.33. The van der Waals surface area contributed by atoms with Crippen molar-refractivity contribution in [3.8, 4) is 0 Å². The molecule has 1 aromatic rings. The van der Waals surface area contributed by atoms with Gasteiger partial charge in [0.15, 0.2) is 0 Å². The molecule has 0 bridgehead atoms. The first-order chi connectivity index (χ1) is 7.99. The normalized spacial score (nSPS) is 18.6. The van der Waals surface area contributed by atoms with Gasteiger partial charge in [0.2, 0.25) is 5.91 Å². The molecule has 17 heavy (non-hydrogen) atoms. The fourth-order valence-electron chi connectivity index (χ4n) is 1.86. The van der Waals surface area contributed by atoms with E-state index < -0.39 is 12.0 Å². The van der Waals surface area contributed by atoms with Crippen LogP contribution in [0.15, 0.2) is 18.2 Å². The zero-order valence-electron chi connectivity index (χ0n) is 9.11. The molecule has 1 unspecified atom stereocenters. The van der Waals surface area contributed by atoms with E-state index in [-0.39, 0.29) is 12.3 Å². The summed E-state index contributed by atoms with van der Waals surface area (Å²) in [6, 6.07) is 4.36. The number of nitrogens with zero attached hydrogens (tertiary/aromatic N) is 1. The van der Waals surface area contributed by atoms with Crippen LogP contribution in [0.5, 0.6) is 0 Å². The van der Waals surface area contributed by atoms with Gasteiger partial charge in [-0.1, -0.05) is 11.6 Å². The maximum absolute atomic E-state index is 11.7. The van der Waals surface area contributed by atoms with Crippen LogP contribution < -0.4 is 10.2 Å².